The van der Waals surface area contributed by atoms with Crippen LogP contribution in [0.25, 0.3) is 0 Å². The summed E-state index contributed by atoms with van der Waals surface area (Å²) in [6, 6.07) is 11.0. The number of anilines is 2. The number of amides is 2. The van der Waals surface area contributed by atoms with Gasteiger partial charge in [0, 0.05) is 0 Å². The van der Waals surface area contributed by atoms with E-state index in [-0.39, 0.29) is 22.4 Å². The zero-order chi connectivity index (χ0) is 20.0. The van der Waals surface area contributed by atoms with Crippen LogP contribution in [-0.4, -0.2) is 31.0 Å². The fourth-order valence-electron chi connectivity index (χ4n) is 2.15. The lowest BCUT2D eigenvalue weighted by Crippen LogP contribution is -2.29. The number of hydrogen-bond acceptors (Lipinski definition) is 5. The monoisotopic (exact) mass is 390 g/mol. The van der Waals surface area contributed by atoms with Gasteiger partial charge < -0.3 is 20.1 Å². The standard InChI is InChI=1S/C19H19ClN2O5/c1-11(2)27-16-7-5-4-6-14(16)21-17(23)18(24)22-15-10-12(19(25)26-3)8-9-13(15)20/h4-11H,1-3H3,(H,21,23)(H,22,24). The topological polar surface area (TPSA) is 93.7 Å². The Labute approximate surface area is 161 Å². The zero-order valence-corrected chi connectivity index (χ0v) is 15.8. The number of carbonyl (C=O) groups excluding carboxylic acids is 3. The first-order valence-corrected chi connectivity index (χ1v) is 8.45. The second-order valence-electron chi connectivity index (χ2n) is 5.76. The molecule has 0 spiro atoms. The molecule has 0 radical (unpaired) electrons. The van der Waals surface area contributed by atoms with Crippen molar-refractivity contribution in [1.29, 1.82) is 0 Å². The number of esters is 1. The zero-order valence-electron chi connectivity index (χ0n) is 15.0. The molecule has 0 heterocycles. The van der Waals surface area contributed by atoms with Crippen LogP contribution in [-0.2, 0) is 14.3 Å². The maximum absolute atomic E-state index is 12.2. The summed E-state index contributed by atoms with van der Waals surface area (Å²) in [5.74, 6) is -2.00. The molecule has 8 heteroatoms. The summed E-state index contributed by atoms with van der Waals surface area (Å²) in [6.07, 6.45) is -0.100. The van der Waals surface area contributed by atoms with E-state index >= 15 is 0 Å². The minimum absolute atomic E-state index is 0.100. The van der Waals surface area contributed by atoms with E-state index in [1.807, 2.05) is 13.8 Å². The highest BCUT2D eigenvalue weighted by Gasteiger charge is 2.18. The molecule has 0 aliphatic rings. The maximum atomic E-state index is 12.2. The highest BCUT2D eigenvalue weighted by atomic mass is 35.5. The summed E-state index contributed by atoms with van der Waals surface area (Å²) < 4.78 is 10.2. The van der Waals surface area contributed by atoms with E-state index in [4.69, 9.17) is 16.3 Å². The van der Waals surface area contributed by atoms with Gasteiger partial charge in [-0.1, -0.05) is 23.7 Å². The Morgan fingerprint density at radius 2 is 1.59 bits per heavy atom. The van der Waals surface area contributed by atoms with Gasteiger partial charge in [0.2, 0.25) is 0 Å². The minimum Gasteiger partial charge on any atom is -0.489 e. The van der Waals surface area contributed by atoms with Crippen molar-refractivity contribution in [2.45, 2.75) is 20.0 Å². The van der Waals surface area contributed by atoms with Gasteiger partial charge in [-0.15, -0.1) is 0 Å². The minimum atomic E-state index is -0.946. The molecule has 0 fully saturated rings. The molecule has 2 aromatic rings. The molecule has 2 aromatic carbocycles. The third kappa shape index (κ3) is 5.46. The number of rotatable bonds is 5. The van der Waals surface area contributed by atoms with Crippen molar-refractivity contribution in [3.63, 3.8) is 0 Å². The van der Waals surface area contributed by atoms with Crippen LogP contribution in [0.2, 0.25) is 5.02 Å². The van der Waals surface area contributed by atoms with Crippen molar-refractivity contribution < 1.29 is 23.9 Å². The maximum Gasteiger partial charge on any atom is 0.337 e. The molecular weight excluding hydrogens is 372 g/mol. The average Bonchev–Trinajstić information content (AvgIpc) is 2.63. The molecule has 2 rings (SSSR count). The first-order chi connectivity index (χ1) is 12.8. The lowest BCUT2D eigenvalue weighted by Gasteiger charge is -2.15. The first-order valence-electron chi connectivity index (χ1n) is 8.07. The normalized spacial score (nSPS) is 10.3. The number of benzene rings is 2. The van der Waals surface area contributed by atoms with Crippen LogP contribution in [0, 0.1) is 0 Å². The Balaban J connectivity index is 2.13. The van der Waals surface area contributed by atoms with Crippen molar-refractivity contribution in [2.75, 3.05) is 17.7 Å². The molecule has 0 saturated heterocycles. The van der Waals surface area contributed by atoms with Crippen LogP contribution in [0.3, 0.4) is 0 Å². The van der Waals surface area contributed by atoms with Crippen molar-refractivity contribution in [2.24, 2.45) is 0 Å². The number of ether oxygens (including phenoxy) is 2. The lowest BCUT2D eigenvalue weighted by atomic mass is 10.2. The Morgan fingerprint density at radius 1 is 0.963 bits per heavy atom. The van der Waals surface area contributed by atoms with Gasteiger partial charge in [-0.2, -0.15) is 0 Å². The average molecular weight is 391 g/mol. The van der Waals surface area contributed by atoms with Crippen LogP contribution < -0.4 is 15.4 Å². The second kappa shape index (κ2) is 9.05. The molecule has 0 aliphatic heterocycles. The molecule has 0 unspecified atom stereocenters. The summed E-state index contributed by atoms with van der Waals surface area (Å²) in [5.41, 5.74) is 0.667. The van der Waals surface area contributed by atoms with E-state index < -0.39 is 17.8 Å². The van der Waals surface area contributed by atoms with Gasteiger partial charge in [0.15, 0.2) is 0 Å². The summed E-state index contributed by atoms with van der Waals surface area (Å²) in [6.45, 7) is 3.70. The van der Waals surface area contributed by atoms with Crippen LogP contribution >= 0.6 is 11.6 Å². The molecule has 0 bridgehead atoms. The molecule has 0 aliphatic carbocycles. The lowest BCUT2D eigenvalue weighted by molar-refractivity contribution is -0.133. The molecule has 2 amide bonds. The van der Waals surface area contributed by atoms with Crippen LogP contribution in [0.1, 0.15) is 24.2 Å². The quantitative estimate of drug-likeness (QED) is 0.602. The summed E-state index contributed by atoms with van der Waals surface area (Å²) in [5, 5.41) is 5.05. The van der Waals surface area contributed by atoms with Crippen molar-refractivity contribution in [1.82, 2.24) is 0 Å². The molecule has 142 valence electrons. The van der Waals surface area contributed by atoms with Crippen LogP contribution in [0.4, 0.5) is 11.4 Å². The number of para-hydroxylation sites is 2. The summed E-state index contributed by atoms with van der Waals surface area (Å²) in [4.78, 5) is 36.0. The third-order valence-electron chi connectivity index (χ3n) is 3.34. The predicted molar refractivity (Wildman–Crippen MR) is 102 cm³/mol. The van der Waals surface area contributed by atoms with Gasteiger partial charge >= 0.3 is 17.8 Å². The highest BCUT2D eigenvalue weighted by Crippen LogP contribution is 2.26. The van der Waals surface area contributed by atoms with Gasteiger partial charge in [0.05, 0.1) is 35.2 Å². The largest absolute Gasteiger partial charge is 0.489 e. The number of halogens is 1. The number of nitrogens with one attached hydrogen (secondary N) is 2. The molecule has 0 saturated carbocycles. The molecule has 0 aromatic heterocycles. The Hall–Kier alpha value is -3.06. The fraction of sp³-hybridized carbons (Fsp3) is 0.211. The molecule has 2 N–H and O–H groups in total. The van der Waals surface area contributed by atoms with E-state index in [9.17, 15) is 14.4 Å². The highest BCUT2D eigenvalue weighted by molar-refractivity contribution is 6.45. The number of carbonyl (C=O) groups is 3. The molecule has 27 heavy (non-hydrogen) atoms. The summed E-state index contributed by atoms with van der Waals surface area (Å²) >= 11 is 6.02. The molecule has 0 atom stereocenters. The third-order valence-corrected chi connectivity index (χ3v) is 3.67. The second-order valence-corrected chi connectivity index (χ2v) is 6.16. The van der Waals surface area contributed by atoms with Gasteiger partial charge in [0.25, 0.3) is 0 Å². The van der Waals surface area contributed by atoms with Gasteiger partial charge in [-0.05, 0) is 44.2 Å². The number of methoxy groups -OCH3 is 1. The first kappa shape index (κ1) is 20.3. The van der Waals surface area contributed by atoms with E-state index in [2.05, 4.69) is 15.4 Å². The van der Waals surface area contributed by atoms with Crippen molar-refractivity contribution in [3.8, 4) is 5.75 Å². The predicted octanol–water partition coefficient (Wildman–Crippen LogP) is 3.49. The Morgan fingerprint density at radius 3 is 2.22 bits per heavy atom. The SMILES string of the molecule is COC(=O)c1ccc(Cl)c(NC(=O)C(=O)Nc2ccccc2OC(C)C)c1. The Kier molecular flexibility index (Phi) is 6.79. The summed E-state index contributed by atoms with van der Waals surface area (Å²) in [7, 11) is 1.24. The van der Waals surface area contributed by atoms with Crippen molar-refractivity contribution >= 4 is 40.8 Å². The molecular formula is C19H19ClN2O5. The van der Waals surface area contributed by atoms with Gasteiger partial charge in [-0.25, -0.2) is 4.79 Å². The van der Waals surface area contributed by atoms with E-state index in [0.29, 0.717) is 11.4 Å². The van der Waals surface area contributed by atoms with Crippen molar-refractivity contribution in [3.05, 3.63) is 53.1 Å². The van der Waals surface area contributed by atoms with E-state index in [1.54, 1.807) is 24.3 Å². The fourth-order valence-corrected chi connectivity index (χ4v) is 2.32. The van der Waals surface area contributed by atoms with Gasteiger partial charge in [-0.3, -0.25) is 9.59 Å². The van der Waals surface area contributed by atoms with Gasteiger partial charge in [0.1, 0.15) is 5.75 Å². The Bertz CT molecular complexity index is 867. The number of hydrogen-bond donors (Lipinski definition) is 2. The smallest absolute Gasteiger partial charge is 0.337 e. The van der Waals surface area contributed by atoms with E-state index in [1.165, 1.54) is 25.3 Å². The van der Waals surface area contributed by atoms with Crippen LogP contribution in [0.5, 0.6) is 5.75 Å². The molecule has 7 nitrogen and oxygen atoms in total. The van der Waals surface area contributed by atoms with E-state index in [0.717, 1.165) is 0 Å². The van der Waals surface area contributed by atoms with Crippen LogP contribution in [0.15, 0.2) is 42.5 Å².